The molecule has 0 radical (unpaired) electrons. The van der Waals surface area contributed by atoms with Crippen molar-refractivity contribution in [1.29, 1.82) is 0 Å². The summed E-state index contributed by atoms with van der Waals surface area (Å²) in [5.74, 6) is 0.178. The molecule has 8 heteroatoms. The molecular weight excluding hydrogens is 429 g/mol. The maximum atomic E-state index is 13.2. The molecule has 0 spiro atoms. The summed E-state index contributed by atoms with van der Waals surface area (Å²) in [6.45, 7) is 6.23. The van der Waals surface area contributed by atoms with E-state index in [1.54, 1.807) is 30.4 Å². The lowest BCUT2D eigenvalue weighted by Crippen LogP contribution is -2.27. The van der Waals surface area contributed by atoms with E-state index in [0.29, 0.717) is 35.8 Å². The summed E-state index contributed by atoms with van der Waals surface area (Å²) >= 11 is 6.86. The predicted octanol–water partition coefficient (Wildman–Crippen LogP) is 5.68. The van der Waals surface area contributed by atoms with E-state index in [9.17, 15) is 14.0 Å². The van der Waals surface area contributed by atoms with Crippen molar-refractivity contribution >= 4 is 40.6 Å². The summed E-state index contributed by atoms with van der Waals surface area (Å²) in [6, 6.07) is 9.10. The quantitative estimate of drug-likeness (QED) is 0.385. The molecule has 0 aliphatic carbocycles. The van der Waals surface area contributed by atoms with E-state index in [-0.39, 0.29) is 16.5 Å². The van der Waals surface area contributed by atoms with Gasteiger partial charge < -0.3 is 9.47 Å². The first-order valence-electron chi connectivity index (χ1n) is 9.12. The van der Waals surface area contributed by atoms with Crippen LogP contribution in [0.2, 0.25) is 5.02 Å². The molecule has 156 valence electrons. The Morgan fingerprint density at radius 3 is 2.67 bits per heavy atom. The zero-order valence-electron chi connectivity index (χ0n) is 16.2. The first kappa shape index (κ1) is 21.9. The molecule has 1 aliphatic rings. The molecule has 5 nitrogen and oxygen atoms in total. The van der Waals surface area contributed by atoms with Crippen molar-refractivity contribution in [2.45, 2.75) is 13.5 Å². The van der Waals surface area contributed by atoms with Gasteiger partial charge in [-0.25, -0.2) is 4.39 Å². The van der Waals surface area contributed by atoms with Crippen LogP contribution in [0.3, 0.4) is 0 Å². The molecule has 2 aromatic carbocycles. The summed E-state index contributed by atoms with van der Waals surface area (Å²) in [5.41, 5.74) is 1.18. The van der Waals surface area contributed by atoms with Crippen molar-refractivity contribution in [3.05, 3.63) is 75.9 Å². The molecule has 1 fully saturated rings. The van der Waals surface area contributed by atoms with Gasteiger partial charge in [0.25, 0.3) is 11.1 Å². The van der Waals surface area contributed by atoms with E-state index in [4.69, 9.17) is 21.1 Å². The highest BCUT2D eigenvalue weighted by Gasteiger charge is 2.35. The van der Waals surface area contributed by atoms with Gasteiger partial charge in [-0.3, -0.25) is 14.5 Å². The first-order valence-corrected chi connectivity index (χ1v) is 10.3. The van der Waals surface area contributed by atoms with Gasteiger partial charge in [-0.05, 0) is 60.2 Å². The average molecular weight is 448 g/mol. The van der Waals surface area contributed by atoms with Crippen molar-refractivity contribution in [3.63, 3.8) is 0 Å². The van der Waals surface area contributed by atoms with Crippen LogP contribution in [0.1, 0.15) is 18.1 Å². The fraction of sp³-hybridized carbons (Fsp3) is 0.182. The van der Waals surface area contributed by atoms with Gasteiger partial charge in [0.2, 0.25) is 0 Å². The zero-order valence-corrected chi connectivity index (χ0v) is 17.8. The Balaban J connectivity index is 1.82. The minimum absolute atomic E-state index is 0.0281. The number of imide groups is 1. The number of thioether (sulfide) groups is 1. The topological polar surface area (TPSA) is 55.8 Å². The van der Waals surface area contributed by atoms with Crippen LogP contribution in [0.4, 0.5) is 9.18 Å². The monoisotopic (exact) mass is 447 g/mol. The number of halogens is 2. The molecular formula is C22H19ClFNO4S. The molecule has 0 unspecified atom stereocenters. The van der Waals surface area contributed by atoms with Crippen LogP contribution < -0.4 is 9.47 Å². The fourth-order valence-electron chi connectivity index (χ4n) is 2.76. The number of carbonyl (C=O) groups excluding carboxylic acids is 2. The van der Waals surface area contributed by atoms with Crippen molar-refractivity contribution < 1.29 is 23.5 Å². The number of hydrogen-bond donors (Lipinski definition) is 0. The van der Waals surface area contributed by atoms with Gasteiger partial charge in [-0.2, -0.15) is 0 Å². The van der Waals surface area contributed by atoms with Crippen molar-refractivity contribution in [2.24, 2.45) is 0 Å². The number of hydrogen-bond acceptors (Lipinski definition) is 5. The lowest BCUT2D eigenvalue weighted by molar-refractivity contribution is -0.123. The third-order valence-corrected chi connectivity index (χ3v) is 5.40. The summed E-state index contributed by atoms with van der Waals surface area (Å²) in [7, 11) is 0. The van der Waals surface area contributed by atoms with Gasteiger partial charge in [0.05, 0.1) is 18.1 Å². The lowest BCUT2D eigenvalue weighted by Gasteiger charge is -2.13. The van der Waals surface area contributed by atoms with Gasteiger partial charge in [-0.15, -0.1) is 0 Å². The number of benzene rings is 2. The van der Waals surface area contributed by atoms with Crippen LogP contribution in [0.5, 0.6) is 11.5 Å². The summed E-state index contributed by atoms with van der Waals surface area (Å²) in [5, 5.41) is -0.253. The highest BCUT2D eigenvalue weighted by Crippen LogP contribution is 2.36. The van der Waals surface area contributed by atoms with Crippen LogP contribution in [-0.2, 0) is 11.3 Å². The van der Waals surface area contributed by atoms with E-state index < -0.39 is 17.0 Å². The molecule has 1 saturated heterocycles. The van der Waals surface area contributed by atoms with Crippen molar-refractivity contribution in [2.75, 3.05) is 13.2 Å². The molecule has 0 aromatic heterocycles. The molecule has 0 bridgehead atoms. The SMILES string of the molecule is C=CCOc1ccc(/C=C2/SC(=O)N(Cc3ccc(F)cc3Cl)C2=O)cc1OCC. The second kappa shape index (κ2) is 9.82. The Labute approximate surface area is 183 Å². The molecule has 2 aromatic rings. The molecule has 0 atom stereocenters. The number of nitrogens with zero attached hydrogens (tertiary/aromatic N) is 1. The third kappa shape index (κ3) is 5.04. The highest BCUT2D eigenvalue weighted by atomic mass is 35.5. The van der Waals surface area contributed by atoms with Gasteiger partial charge in [0.15, 0.2) is 11.5 Å². The molecule has 1 heterocycles. The Bertz CT molecular complexity index is 1020. The molecule has 3 rings (SSSR count). The Morgan fingerprint density at radius 1 is 1.17 bits per heavy atom. The number of rotatable bonds is 8. The molecule has 1 aliphatic heterocycles. The minimum atomic E-state index is -0.483. The maximum Gasteiger partial charge on any atom is 0.293 e. The lowest BCUT2D eigenvalue weighted by atomic mass is 10.1. The van der Waals surface area contributed by atoms with Crippen LogP contribution in [0, 0.1) is 5.82 Å². The standard InChI is InChI=1S/C22H19ClFNO4S/c1-3-9-29-18-8-5-14(10-19(18)28-4-2)11-20-21(26)25(22(27)30-20)13-15-6-7-16(24)12-17(15)23/h3,5-8,10-12H,1,4,9,13H2,2H3/b20-11+. The summed E-state index contributed by atoms with van der Waals surface area (Å²) < 4.78 is 24.4. The Morgan fingerprint density at radius 2 is 1.97 bits per heavy atom. The van der Waals surface area contributed by atoms with Gasteiger partial charge >= 0.3 is 0 Å². The van der Waals surface area contributed by atoms with E-state index in [1.807, 2.05) is 6.92 Å². The number of amides is 2. The molecule has 0 saturated carbocycles. The largest absolute Gasteiger partial charge is 0.490 e. The van der Waals surface area contributed by atoms with E-state index >= 15 is 0 Å². The van der Waals surface area contributed by atoms with E-state index in [1.165, 1.54) is 12.1 Å². The number of carbonyl (C=O) groups is 2. The molecule has 30 heavy (non-hydrogen) atoms. The van der Waals surface area contributed by atoms with Gasteiger partial charge in [0, 0.05) is 5.02 Å². The van der Waals surface area contributed by atoms with Crippen LogP contribution in [0.15, 0.2) is 54.0 Å². The van der Waals surface area contributed by atoms with E-state index in [0.717, 1.165) is 22.7 Å². The van der Waals surface area contributed by atoms with Crippen molar-refractivity contribution in [1.82, 2.24) is 4.90 Å². The Hall–Kier alpha value is -2.77. The average Bonchev–Trinajstić information content (AvgIpc) is 2.97. The van der Waals surface area contributed by atoms with Crippen LogP contribution in [0.25, 0.3) is 6.08 Å². The molecule has 2 amide bonds. The Kier molecular flexibility index (Phi) is 7.18. The second-order valence-corrected chi connectivity index (χ2v) is 7.64. The molecule has 0 N–H and O–H groups in total. The summed E-state index contributed by atoms with van der Waals surface area (Å²) in [4.78, 5) is 26.5. The third-order valence-electron chi connectivity index (χ3n) is 4.14. The first-order chi connectivity index (χ1) is 14.4. The predicted molar refractivity (Wildman–Crippen MR) is 116 cm³/mol. The van der Waals surface area contributed by atoms with Crippen molar-refractivity contribution in [3.8, 4) is 11.5 Å². The zero-order chi connectivity index (χ0) is 21.7. The van der Waals surface area contributed by atoms with Gasteiger partial charge in [0.1, 0.15) is 12.4 Å². The minimum Gasteiger partial charge on any atom is -0.490 e. The highest BCUT2D eigenvalue weighted by molar-refractivity contribution is 8.18. The van der Waals surface area contributed by atoms with Crippen LogP contribution in [-0.4, -0.2) is 29.3 Å². The maximum absolute atomic E-state index is 13.2. The fourth-order valence-corrected chi connectivity index (χ4v) is 3.82. The van der Waals surface area contributed by atoms with Crippen LogP contribution >= 0.6 is 23.4 Å². The second-order valence-electron chi connectivity index (χ2n) is 6.24. The van der Waals surface area contributed by atoms with Gasteiger partial charge in [-0.1, -0.05) is 36.4 Å². The van der Waals surface area contributed by atoms with E-state index in [2.05, 4.69) is 6.58 Å². The summed E-state index contributed by atoms with van der Waals surface area (Å²) in [6.07, 6.45) is 3.25. The normalized spacial score (nSPS) is 15.0. The number of ether oxygens (including phenoxy) is 2. The smallest absolute Gasteiger partial charge is 0.293 e.